The van der Waals surface area contributed by atoms with E-state index in [1.54, 1.807) is 36.4 Å². The zero-order chi connectivity index (χ0) is 18.8. The number of benzene rings is 3. The number of fused-ring (bicyclic) bond motifs is 2. The van der Waals surface area contributed by atoms with Gasteiger partial charge in [-0.3, -0.25) is 0 Å². The summed E-state index contributed by atoms with van der Waals surface area (Å²) in [5, 5.41) is 2.15. The summed E-state index contributed by atoms with van der Waals surface area (Å²) in [6.45, 7) is 0. The molecule has 0 saturated carbocycles. The lowest BCUT2D eigenvalue weighted by molar-refractivity contribution is 0.120. The van der Waals surface area contributed by atoms with E-state index in [1.807, 2.05) is 0 Å². The number of ether oxygens (including phenoxy) is 4. The Balaban J connectivity index is 2.49. The van der Waals surface area contributed by atoms with Crippen molar-refractivity contribution in [2.24, 2.45) is 0 Å². The fourth-order valence-corrected chi connectivity index (χ4v) is 3.14. The minimum Gasteiger partial charge on any atom is -0.437 e. The van der Waals surface area contributed by atoms with Crippen LogP contribution in [0.2, 0.25) is 10.0 Å². The Hall–Kier alpha value is -2.70. The van der Waals surface area contributed by atoms with Gasteiger partial charge in [0.25, 0.3) is 0 Å². The maximum atomic E-state index is 11.7. The predicted octanol–water partition coefficient (Wildman–Crippen LogP) is 5.59. The lowest BCUT2D eigenvalue weighted by atomic mass is 10.0. The van der Waals surface area contributed by atoms with Gasteiger partial charge in [0.05, 0.1) is 24.3 Å². The largest absolute Gasteiger partial charge is 0.513 e. The Labute approximate surface area is 158 Å². The van der Waals surface area contributed by atoms with Gasteiger partial charge >= 0.3 is 12.3 Å². The Morgan fingerprint density at radius 2 is 1.12 bits per heavy atom. The van der Waals surface area contributed by atoms with Crippen molar-refractivity contribution in [3.8, 4) is 11.5 Å². The van der Waals surface area contributed by atoms with Crippen LogP contribution < -0.4 is 9.47 Å². The molecule has 0 saturated heterocycles. The van der Waals surface area contributed by atoms with Crippen LogP contribution in [0.15, 0.2) is 36.4 Å². The second kappa shape index (κ2) is 7.27. The summed E-state index contributed by atoms with van der Waals surface area (Å²) in [6, 6.07) is 9.89. The van der Waals surface area contributed by atoms with Crippen LogP contribution in [0.5, 0.6) is 11.5 Å². The topological polar surface area (TPSA) is 71.1 Å². The zero-order valence-corrected chi connectivity index (χ0v) is 15.2. The number of carbonyl (C=O) groups is 2. The standard InChI is InChI=1S/C18H12Cl2O6/c1-23-17(21)25-15-9-5-3-8-12(20)14(9)16(26-18(22)24-2)10-6-4-7-11(19)13(10)15/h3-8H,1-2H3. The maximum Gasteiger partial charge on any atom is 0.513 e. The van der Waals surface area contributed by atoms with Crippen LogP contribution >= 0.6 is 23.2 Å². The third kappa shape index (κ3) is 3.09. The molecule has 0 heterocycles. The Bertz CT molecular complexity index is 948. The molecule has 3 rings (SSSR count). The van der Waals surface area contributed by atoms with E-state index in [9.17, 15) is 9.59 Å². The summed E-state index contributed by atoms with van der Waals surface area (Å²) in [5.74, 6) is 0.291. The lowest BCUT2D eigenvalue weighted by Crippen LogP contribution is -2.10. The van der Waals surface area contributed by atoms with Crippen LogP contribution in [-0.2, 0) is 9.47 Å². The highest BCUT2D eigenvalue weighted by Crippen LogP contribution is 2.47. The predicted molar refractivity (Wildman–Crippen MR) is 97.5 cm³/mol. The molecule has 3 aromatic carbocycles. The SMILES string of the molecule is COC(=O)Oc1c2cccc(Cl)c2c(OC(=O)OC)c2cccc(Cl)c12. The van der Waals surface area contributed by atoms with Crippen LogP contribution in [0.25, 0.3) is 21.5 Å². The van der Waals surface area contributed by atoms with Gasteiger partial charge in [0.2, 0.25) is 0 Å². The molecule has 134 valence electrons. The molecular formula is C18H12Cl2O6. The molecule has 0 unspecified atom stereocenters. The van der Waals surface area contributed by atoms with Gasteiger partial charge in [-0.2, -0.15) is 0 Å². The molecule has 0 aliphatic heterocycles. The third-order valence-corrected chi connectivity index (χ3v) is 4.30. The van der Waals surface area contributed by atoms with Crippen molar-refractivity contribution in [3.05, 3.63) is 46.4 Å². The van der Waals surface area contributed by atoms with E-state index in [0.717, 1.165) is 0 Å². The van der Waals surface area contributed by atoms with Crippen LogP contribution in [0.3, 0.4) is 0 Å². The number of methoxy groups -OCH3 is 2. The zero-order valence-electron chi connectivity index (χ0n) is 13.7. The number of hydrogen-bond donors (Lipinski definition) is 0. The molecule has 0 bridgehead atoms. The first-order chi connectivity index (χ1) is 12.5. The molecular weight excluding hydrogens is 383 g/mol. The van der Waals surface area contributed by atoms with Crippen molar-refractivity contribution in [2.45, 2.75) is 0 Å². The van der Waals surface area contributed by atoms with Gasteiger partial charge in [0, 0.05) is 21.5 Å². The van der Waals surface area contributed by atoms with E-state index < -0.39 is 12.3 Å². The van der Waals surface area contributed by atoms with E-state index >= 15 is 0 Å². The van der Waals surface area contributed by atoms with Crippen molar-refractivity contribution >= 4 is 57.1 Å². The quantitative estimate of drug-likeness (QED) is 0.320. The molecule has 0 atom stereocenters. The lowest BCUT2D eigenvalue weighted by Gasteiger charge is -2.17. The molecule has 3 aromatic rings. The molecule has 0 aromatic heterocycles. The first-order valence-corrected chi connectivity index (χ1v) is 8.07. The van der Waals surface area contributed by atoms with Gasteiger partial charge in [0.15, 0.2) is 11.5 Å². The maximum absolute atomic E-state index is 11.7. The summed E-state index contributed by atoms with van der Waals surface area (Å²) in [5.41, 5.74) is 0. The van der Waals surface area contributed by atoms with E-state index in [2.05, 4.69) is 9.47 Å². The van der Waals surface area contributed by atoms with Crippen molar-refractivity contribution in [3.63, 3.8) is 0 Å². The molecule has 0 spiro atoms. The highest BCUT2D eigenvalue weighted by molar-refractivity contribution is 6.40. The van der Waals surface area contributed by atoms with Crippen molar-refractivity contribution in [1.29, 1.82) is 0 Å². The van der Waals surface area contributed by atoms with Gasteiger partial charge in [-0.25, -0.2) is 9.59 Å². The molecule has 26 heavy (non-hydrogen) atoms. The molecule has 0 aliphatic rings. The molecule has 0 amide bonds. The molecule has 8 heteroatoms. The Morgan fingerprint density at radius 3 is 1.46 bits per heavy atom. The highest BCUT2D eigenvalue weighted by atomic mass is 35.5. The molecule has 0 fully saturated rings. The average molecular weight is 395 g/mol. The van der Waals surface area contributed by atoms with Gasteiger partial charge in [-0.05, 0) is 12.1 Å². The first kappa shape index (κ1) is 18.1. The monoisotopic (exact) mass is 394 g/mol. The number of hydrogen-bond acceptors (Lipinski definition) is 6. The van der Waals surface area contributed by atoms with E-state index in [-0.39, 0.29) is 21.5 Å². The second-order valence-electron chi connectivity index (χ2n) is 5.10. The fraction of sp³-hybridized carbons (Fsp3) is 0.111. The number of carbonyl (C=O) groups excluding carboxylic acids is 2. The summed E-state index contributed by atoms with van der Waals surface area (Å²) in [6.07, 6.45) is -1.84. The van der Waals surface area contributed by atoms with Gasteiger partial charge in [-0.15, -0.1) is 0 Å². The smallest absolute Gasteiger partial charge is 0.437 e. The number of rotatable bonds is 2. The van der Waals surface area contributed by atoms with E-state index in [1.165, 1.54) is 14.2 Å². The molecule has 0 radical (unpaired) electrons. The van der Waals surface area contributed by atoms with Crippen molar-refractivity contribution < 1.29 is 28.5 Å². The summed E-state index contributed by atoms with van der Waals surface area (Å²) < 4.78 is 19.9. The fourth-order valence-electron chi connectivity index (χ4n) is 2.62. The second-order valence-corrected chi connectivity index (χ2v) is 5.91. The normalized spacial score (nSPS) is 10.6. The first-order valence-electron chi connectivity index (χ1n) is 7.32. The number of halogens is 2. The van der Waals surface area contributed by atoms with Gasteiger partial charge in [0.1, 0.15) is 0 Å². The Morgan fingerprint density at radius 1 is 0.731 bits per heavy atom. The van der Waals surface area contributed by atoms with Gasteiger partial charge < -0.3 is 18.9 Å². The van der Waals surface area contributed by atoms with Crippen molar-refractivity contribution in [2.75, 3.05) is 14.2 Å². The minimum absolute atomic E-state index is 0.146. The van der Waals surface area contributed by atoms with Gasteiger partial charge in [-0.1, -0.05) is 47.5 Å². The van der Waals surface area contributed by atoms with Crippen LogP contribution in [0, 0.1) is 0 Å². The third-order valence-electron chi connectivity index (χ3n) is 3.67. The summed E-state index contributed by atoms with van der Waals surface area (Å²) in [4.78, 5) is 23.5. The van der Waals surface area contributed by atoms with Crippen LogP contribution in [0.1, 0.15) is 0 Å². The van der Waals surface area contributed by atoms with Crippen LogP contribution in [-0.4, -0.2) is 26.5 Å². The highest BCUT2D eigenvalue weighted by Gasteiger charge is 2.23. The molecule has 0 aliphatic carbocycles. The average Bonchev–Trinajstić information content (AvgIpc) is 2.64. The summed E-state index contributed by atoms with van der Waals surface area (Å²) in [7, 11) is 2.38. The van der Waals surface area contributed by atoms with Crippen LogP contribution in [0.4, 0.5) is 9.59 Å². The van der Waals surface area contributed by atoms with Crippen molar-refractivity contribution in [1.82, 2.24) is 0 Å². The van der Waals surface area contributed by atoms with E-state index in [0.29, 0.717) is 21.5 Å². The van der Waals surface area contributed by atoms with E-state index in [4.69, 9.17) is 32.7 Å². The molecule has 0 N–H and O–H groups in total. The minimum atomic E-state index is -0.922. The molecule has 6 nitrogen and oxygen atoms in total. The Kier molecular flexibility index (Phi) is 5.06. The summed E-state index contributed by atoms with van der Waals surface area (Å²) >= 11 is 12.7.